The number of aromatic nitrogens is 2. The Bertz CT molecular complexity index is 459. The fourth-order valence-corrected chi connectivity index (χ4v) is 2.61. The molecule has 1 fully saturated rings. The molecule has 23 heavy (non-hydrogen) atoms. The maximum absolute atomic E-state index is 12.2. The summed E-state index contributed by atoms with van der Waals surface area (Å²) >= 11 is 0. The number of amides is 1. The average Bonchev–Trinajstić information content (AvgIpc) is 2.58. The van der Waals surface area contributed by atoms with E-state index in [0.29, 0.717) is 6.42 Å². The van der Waals surface area contributed by atoms with Gasteiger partial charge < -0.3 is 20.0 Å². The summed E-state index contributed by atoms with van der Waals surface area (Å²) in [4.78, 5) is 27.0. The van der Waals surface area contributed by atoms with Gasteiger partial charge >= 0.3 is 0 Å². The van der Waals surface area contributed by atoms with Crippen LogP contribution in [0.4, 0.5) is 5.95 Å². The second-order valence-corrected chi connectivity index (χ2v) is 6.07. The summed E-state index contributed by atoms with van der Waals surface area (Å²) in [7, 11) is 4.15. The zero-order valence-corrected chi connectivity index (χ0v) is 14.2. The lowest BCUT2D eigenvalue weighted by molar-refractivity contribution is -0.131. The van der Waals surface area contributed by atoms with Gasteiger partial charge in [0.15, 0.2) is 0 Å². The fourth-order valence-electron chi connectivity index (χ4n) is 2.61. The molecule has 7 nitrogen and oxygen atoms in total. The third-order valence-corrected chi connectivity index (χ3v) is 3.94. The predicted molar refractivity (Wildman–Crippen MR) is 91.5 cm³/mol. The van der Waals surface area contributed by atoms with Crippen molar-refractivity contribution < 1.29 is 4.79 Å². The van der Waals surface area contributed by atoms with E-state index >= 15 is 0 Å². The largest absolute Gasteiger partial charge is 0.339 e. The van der Waals surface area contributed by atoms with Crippen molar-refractivity contribution in [1.82, 2.24) is 25.1 Å². The van der Waals surface area contributed by atoms with Crippen molar-refractivity contribution in [2.24, 2.45) is 0 Å². The van der Waals surface area contributed by atoms with Crippen LogP contribution in [-0.2, 0) is 4.79 Å². The van der Waals surface area contributed by atoms with E-state index in [-0.39, 0.29) is 5.91 Å². The van der Waals surface area contributed by atoms with E-state index in [9.17, 15) is 4.79 Å². The lowest BCUT2D eigenvalue weighted by Gasteiger charge is -2.34. The minimum atomic E-state index is 0.235. The van der Waals surface area contributed by atoms with Gasteiger partial charge in [-0.15, -0.1) is 0 Å². The molecule has 1 aromatic heterocycles. The highest BCUT2D eigenvalue weighted by atomic mass is 16.2. The fraction of sp³-hybridized carbons (Fsp3) is 0.688. The number of hydrogen-bond acceptors (Lipinski definition) is 6. The number of piperazine rings is 1. The smallest absolute Gasteiger partial charge is 0.225 e. The molecule has 128 valence electrons. The zero-order chi connectivity index (χ0) is 16.5. The third kappa shape index (κ3) is 6.11. The summed E-state index contributed by atoms with van der Waals surface area (Å²) < 4.78 is 0. The van der Waals surface area contributed by atoms with E-state index in [1.807, 2.05) is 11.0 Å². The Balaban J connectivity index is 1.60. The second kappa shape index (κ2) is 9.42. The first-order valence-corrected chi connectivity index (χ1v) is 8.32. The molecule has 2 rings (SSSR count). The van der Waals surface area contributed by atoms with Crippen LogP contribution in [0.5, 0.6) is 0 Å². The Kier molecular flexibility index (Phi) is 7.22. The first-order chi connectivity index (χ1) is 11.2. The van der Waals surface area contributed by atoms with Gasteiger partial charge in [0.2, 0.25) is 11.9 Å². The Morgan fingerprint density at radius 1 is 1.17 bits per heavy atom. The Labute approximate surface area is 138 Å². The maximum atomic E-state index is 12.2. The van der Waals surface area contributed by atoms with Gasteiger partial charge in [0.25, 0.3) is 0 Å². The SMILES string of the molecule is CN(C)CCCNCCC(=O)N1CCN(c2ncccn2)CC1. The lowest BCUT2D eigenvalue weighted by Crippen LogP contribution is -2.49. The topological polar surface area (TPSA) is 64.6 Å². The quantitative estimate of drug-likeness (QED) is 0.683. The number of hydrogen-bond donors (Lipinski definition) is 1. The van der Waals surface area contributed by atoms with Crippen LogP contribution in [0.25, 0.3) is 0 Å². The molecule has 1 aromatic rings. The minimum absolute atomic E-state index is 0.235. The van der Waals surface area contributed by atoms with Crippen LogP contribution in [0.1, 0.15) is 12.8 Å². The van der Waals surface area contributed by atoms with Crippen molar-refractivity contribution in [2.75, 3.05) is 64.8 Å². The zero-order valence-electron chi connectivity index (χ0n) is 14.2. The van der Waals surface area contributed by atoms with E-state index in [4.69, 9.17) is 0 Å². The van der Waals surface area contributed by atoms with Crippen molar-refractivity contribution in [3.8, 4) is 0 Å². The van der Waals surface area contributed by atoms with Crippen LogP contribution in [0.3, 0.4) is 0 Å². The van der Waals surface area contributed by atoms with Crippen molar-refractivity contribution in [2.45, 2.75) is 12.8 Å². The molecule has 1 saturated heterocycles. The molecule has 0 saturated carbocycles. The van der Waals surface area contributed by atoms with E-state index in [1.165, 1.54) is 0 Å². The Morgan fingerprint density at radius 3 is 2.52 bits per heavy atom. The Hall–Kier alpha value is -1.73. The lowest BCUT2D eigenvalue weighted by atomic mass is 10.2. The molecule has 7 heteroatoms. The molecule has 0 bridgehead atoms. The van der Waals surface area contributed by atoms with Gasteiger partial charge in [0.1, 0.15) is 0 Å². The number of carbonyl (C=O) groups excluding carboxylic acids is 1. The number of carbonyl (C=O) groups is 1. The van der Waals surface area contributed by atoms with Crippen LogP contribution in [0, 0.1) is 0 Å². The molecule has 0 radical (unpaired) electrons. The second-order valence-electron chi connectivity index (χ2n) is 6.07. The molecule has 0 aliphatic carbocycles. The number of nitrogens with one attached hydrogen (secondary N) is 1. The van der Waals surface area contributed by atoms with Crippen molar-refractivity contribution in [3.63, 3.8) is 0 Å². The van der Waals surface area contributed by atoms with Crippen LogP contribution in [-0.4, -0.2) is 85.6 Å². The molecule has 1 aliphatic rings. The van der Waals surface area contributed by atoms with Gasteiger partial charge in [0, 0.05) is 51.5 Å². The first-order valence-electron chi connectivity index (χ1n) is 8.32. The number of nitrogens with zero attached hydrogens (tertiary/aromatic N) is 5. The van der Waals surface area contributed by atoms with Crippen LogP contribution >= 0.6 is 0 Å². The highest BCUT2D eigenvalue weighted by Gasteiger charge is 2.21. The number of anilines is 1. The normalized spacial score (nSPS) is 15.3. The van der Waals surface area contributed by atoms with Crippen LogP contribution < -0.4 is 10.2 Å². The molecular weight excluding hydrogens is 292 g/mol. The van der Waals surface area contributed by atoms with Gasteiger partial charge in [-0.2, -0.15) is 0 Å². The minimum Gasteiger partial charge on any atom is -0.339 e. The van der Waals surface area contributed by atoms with Gasteiger partial charge in [0.05, 0.1) is 0 Å². The molecule has 1 aliphatic heterocycles. The van der Waals surface area contributed by atoms with E-state index in [1.54, 1.807) is 12.4 Å². The van der Waals surface area contributed by atoms with Crippen LogP contribution in [0.2, 0.25) is 0 Å². The molecule has 1 amide bonds. The maximum Gasteiger partial charge on any atom is 0.225 e. The van der Waals surface area contributed by atoms with Gasteiger partial charge in [-0.25, -0.2) is 9.97 Å². The van der Waals surface area contributed by atoms with Crippen molar-refractivity contribution in [1.29, 1.82) is 0 Å². The molecule has 0 unspecified atom stereocenters. The summed E-state index contributed by atoms with van der Waals surface area (Å²) in [6.45, 7) is 5.89. The summed E-state index contributed by atoms with van der Waals surface area (Å²) in [6, 6.07) is 1.81. The van der Waals surface area contributed by atoms with E-state index in [0.717, 1.165) is 58.2 Å². The van der Waals surface area contributed by atoms with Crippen molar-refractivity contribution in [3.05, 3.63) is 18.5 Å². The third-order valence-electron chi connectivity index (χ3n) is 3.94. The van der Waals surface area contributed by atoms with Gasteiger partial charge in [-0.3, -0.25) is 4.79 Å². The molecule has 0 atom stereocenters. The highest BCUT2D eigenvalue weighted by molar-refractivity contribution is 5.76. The van der Waals surface area contributed by atoms with E-state index < -0.39 is 0 Å². The molecule has 1 N–H and O–H groups in total. The van der Waals surface area contributed by atoms with Gasteiger partial charge in [-0.1, -0.05) is 0 Å². The van der Waals surface area contributed by atoms with Crippen molar-refractivity contribution >= 4 is 11.9 Å². The van der Waals surface area contributed by atoms with Gasteiger partial charge in [-0.05, 0) is 39.7 Å². The average molecular weight is 320 g/mol. The Morgan fingerprint density at radius 2 is 1.87 bits per heavy atom. The van der Waals surface area contributed by atoms with Crippen LogP contribution in [0.15, 0.2) is 18.5 Å². The molecular formula is C16H28N6O. The summed E-state index contributed by atoms with van der Waals surface area (Å²) in [5.74, 6) is 0.987. The number of rotatable bonds is 8. The first kappa shape index (κ1) is 17.6. The molecule has 0 aromatic carbocycles. The molecule has 0 spiro atoms. The summed E-state index contributed by atoms with van der Waals surface area (Å²) in [5.41, 5.74) is 0. The summed E-state index contributed by atoms with van der Waals surface area (Å²) in [6.07, 6.45) is 5.18. The standard InChI is InChI=1S/C16H28N6O/c1-20(2)10-4-6-17-9-5-15(23)21-11-13-22(14-12-21)16-18-7-3-8-19-16/h3,7-8,17H,4-6,9-14H2,1-2H3. The monoisotopic (exact) mass is 320 g/mol. The van der Waals surface area contributed by atoms with E-state index in [2.05, 4.69) is 39.2 Å². The summed E-state index contributed by atoms with van der Waals surface area (Å²) in [5, 5.41) is 3.34. The highest BCUT2D eigenvalue weighted by Crippen LogP contribution is 2.10. The molecule has 2 heterocycles. The predicted octanol–water partition coefficient (Wildman–Crippen LogP) is 0.0566.